The highest BCUT2D eigenvalue weighted by atomic mass is 32.2. The summed E-state index contributed by atoms with van der Waals surface area (Å²) in [7, 11) is -3.11. The highest BCUT2D eigenvalue weighted by Crippen LogP contribution is 2.35. The predicted octanol–water partition coefficient (Wildman–Crippen LogP) is 0.612. The molecule has 0 bridgehead atoms. The molecule has 0 spiro atoms. The number of amides is 1. The molecule has 112 valence electrons. The van der Waals surface area contributed by atoms with Crippen LogP contribution in [0, 0.1) is 16.7 Å². The predicted molar refractivity (Wildman–Crippen MR) is 74.1 cm³/mol. The maximum atomic E-state index is 12.2. The summed E-state index contributed by atoms with van der Waals surface area (Å²) in [6.07, 6.45) is 4.75. The van der Waals surface area contributed by atoms with Gasteiger partial charge in [0.1, 0.15) is 5.41 Å². The maximum Gasteiger partial charge on any atom is 0.240 e. The van der Waals surface area contributed by atoms with Gasteiger partial charge in [0.25, 0.3) is 0 Å². The molecule has 1 aliphatic heterocycles. The van der Waals surface area contributed by atoms with E-state index >= 15 is 0 Å². The Kier molecular flexibility index (Phi) is 4.66. The van der Waals surface area contributed by atoms with Crippen molar-refractivity contribution in [1.29, 1.82) is 5.26 Å². The van der Waals surface area contributed by atoms with E-state index in [1.165, 1.54) is 4.31 Å². The van der Waals surface area contributed by atoms with Crippen LogP contribution in [0.2, 0.25) is 0 Å². The Balaban J connectivity index is 1.84. The first-order valence-corrected chi connectivity index (χ1v) is 8.78. The molecule has 7 heteroatoms. The van der Waals surface area contributed by atoms with Crippen LogP contribution in [0.1, 0.15) is 38.5 Å². The normalized spacial score (nSPS) is 24.9. The van der Waals surface area contributed by atoms with E-state index in [4.69, 9.17) is 0 Å². The summed E-state index contributed by atoms with van der Waals surface area (Å²) < 4.78 is 24.6. The fourth-order valence-electron chi connectivity index (χ4n) is 2.95. The summed E-state index contributed by atoms with van der Waals surface area (Å²) in [5.41, 5.74) is -0.901. The lowest BCUT2D eigenvalue weighted by atomic mass is 9.74. The summed E-state index contributed by atoms with van der Waals surface area (Å²) in [5, 5.41) is 12.0. The summed E-state index contributed by atoms with van der Waals surface area (Å²) >= 11 is 0. The zero-order chi connectivity index (χ0) is 14.6. The van der Waals surface area contributed by atoms with Crippen molar-refractivity contribution in [2.45, 2.75) is 38.5 Å². The lowest BCUT2D eigenvalue weighted by Crippen LogP contribution is -2.44. The summed E-state index contributed by atoms with van der Waals surface area (Å²) in [4.78, 5) is 12.2. The van der Waals surface area contributed by atoms with E-state index in [1.54, 1.807) is 0 Å². The second kappa shape index (κ2) is 6.10. The Morgan fingerprint density at radius 2 is 1.95 bits per heavy atom. The van der Waals surface area contributed by atoms with Crippen LogP contribution in [-0.4, -0.2) is 44.0 Å². The van der Waals surface area contributed by atoms with Crippen molar-refractivity contribution in [3.63, 3.8) is 0 Å². The summed E-state index contributed by atoms with van der Waals surface area (Å²) in [5.74, 6) is -0.0420. The van der Waals surface area contributed by atoms with Gasteiger partial charge in [-0.3, -0.25) is 4.79 Å². The average molecular weight is 299 g/mol. The molecule has 0 aromatic carbocycles. The van der Waals surface area contributed by atoms with Crippen molar-refractivity contribution in [2.75, 3.05) is 25.4 Å². The van der Waals surface area contributed by atoms with E-state index in [1.807, 2.05) is 0 Å². The Labute approximate surface area is 120 Å². The fraction of sp³-hybridized carbons (Fsp3) is 0.846. The molecular weight excluding hydrogens is 278 g/mol. The van der Waals surface area contributed by atoms with Gasteiger partial charge in [0.15, 0.2) is 0 Å². The molecule has 2 fully saturated rings. The number of carbonyl (C=O) groups is 1. The van der Waals surface area contributed by atoms with Crippen molar-refractivity contribution < 1.29 is 13.2 Å². The molecule has 0 aromatic rings. The Hall–Kier alpha value is -1.13. The minimum atomic E-state index is -3.11. The molecule has 1 heterocycles. The molecule has 0 radical (unpaired) electrons. The minimum Gasteiger partial charge on any atom is -0.353 e. The van der Waals surface area contributed by atoms with Crippen molar-refractivity contribution in [1.82, 2.24) is 9.62 Å². The van der Waals surface area contributed by atoms with Gasteiger partial charge < -0.3 is 5.32 Å². The van der Waals surface area contributed by atoms with Crippen molar-refractivity contribution in [3.8, 4) is 6.07 Å². The molecule has 1 aliphatic carbocycles. The smallest absolute Gasteiger partial charge is 0.240 e. The molecule has 6 nitrogen and oxygen atoms in total. The first kappa shape index (κ1) is 15.3. The SMILES string of the molecule is N#CC1(C(=O)NCCN2CCCS2(=O)=O)CCCCC1. The maximum absolute atomic E-state index is 12.2. The van der Waals surface area contributed by atoms with Crippen LogP contribution in [0.15, 0.2) is 0 Å². The third-order valence-corrected chi connectivity index (χ3v) is 6.16. The monoisotopic (exact) mass is 299 g/mol. The van der Waals surface area contributed by atoms with E-state index in [9.17, 15) is 18.5 Å². The van der Waals surface area contributed by atoms with Crippen LogP contribution in [0.3, 0.4) is 0 Å². The van der Waals surface area contributed by atoms with Crippen LogP contribution in [-0.2, 0) is 14.8 Å². The van der Waals surface area contributed by atoms with Gasteiger partial charge in [-0.2, -0.15) is 5.26 Å². The molecule has 1 N–H and O–H groups in total. The van der Waals surface area contributed by atoms with Gasteiger partial charge in [-0.1, -0.05) is 19.3 Å². The van der Waals surface area contributed by atoms with E-state index in [-0.39, 0.29) is 18.2 Å². The molecule has 20 heavy (non-hydrogen) atoms. The zero-order valence-electron chi connectivity index (χ0n) is 11.6. The van der Waals surface area contributed by atoms with Crippen molar-refractivity contribution in [3.05, 3.63) is 0 Å². The topological polar surface area (TPSA) is 90.3 Å². The van der Waals surface area contributed by atoms with E-state index in [0.29, 0.717) is 32.4 Å². The van der Waals surface area contributed by atoms with E-state index in [2.05, 4.69) is 11.4 Å². The molecule has 2 rings (SSSR count). The third kappa shape index (κ3) is 3.13. The van der Waals surface area contributed by atoms with Gasteiger partial charge in [0.05, 0.1) is 11.8 Å². The van der Waals surface area contributed by atoms with Gasteiger partial charge in [-0.15, -0.1) is 0 Å². The largest absolute Gasteiger partial charge is 0.353 e. The van der Waals surface area contributed by atoms with Gasteiger partial charge in [0, 0.05) is 19.6 Å². The number of hydrogen-bond donors (Lipinski definition) is 1. The number of nitrogens with zero attached hydrogens (tertiary/aromatic N) is 2. The van der Waals surface area contributed by atoms with Gasteiger partial charge in [-0.25, -0.2) is 12.7 Å². The molecular formula is C13H21N3O3S. The highest BCUT2D eigenvalue weighted by molar-refractivity contribution is 7.89. The molecule has 0 atom stereocenters. The number of nitrogens with one attached hydrogen (secondary N) is 1. The number of rotatable bonds is 4. The Bertz CT molecular complexity index is 503. The molecule has 2 aliphatic rings. The van der Waals surface area contributed by atoms with Gasteiger partial charge in [-0.05, 0) is 19.3 Å². The molecule has 1 saturated carbocycles. The van der Waals surface area contributed by atoms with Crippen LogP contribution in [0.5, 0.6) is 0 Å². The van der Waals surface area contributed by atoms with Gasteiger partial charge >= 0.3 is 0 Å². The van der Waals surface area contributed by atoms with Crippen molar-refractivity contribution >= 4 is 15.9 Å². The number of carbonyl (C=O) groups excluding carboxylic acids is 1. The van der Waals surface area contributed by atoms with Crippen LogP contribution < -0.4 is 5.32 Å². The van der Waals surface area contributed by atoms with Crippen LogP contribution in [0.25, 0.3) is 0 Å². The Morgan fingerprint density at radius 1 is 1.25 bits per heavy atom. The highest BCUT2D eigenvalue weighted by Gasteiger charge is 2.39. The molecule has 0 aromatic heterocycles. The molecule has 0 unspecified atom stereocenters. The molecule has 1 amide bonds. The fourth-order valence-corrected chi connectivity index (χ4v) is 4.48. The second-order valence-corrected chi connectivity index (χ2v) is 7.67. The van der Waals surface area contributed by atoms with Crippen LogP contribution in [0.4, 0.5) is 0 Å². The van der Waals surface area contributed by atoms with Crippen molar-refractivity contribution in [2.24, 2.45) is 5.41 Å². The zero-order valence-corrected chi connectivity index (χ0v) is 12.4. The first-order valence-electron chi connectivity index (χ1n) is 7.18. The quantitative estimate of drug-likeness (QED) is 0.823. The average Bonchev–Trinajstić information content (AvgIpc) is 2.78. The number of nitriles is 1. The first-order chi connectivity index (χ1) is 9.50. The minimum absolute atomic E-state index is 0.197. The number of sulfonamides is 1. The Morgan fingerprint density at radius 3 is 2.50 bits per heavy atom. The lowest BCUT2D eigenvalue weighted by Gasteiger charge is -2.29. The van der Waals surface area contributed by atoms with Gasteiger partial charge in [0.2, 0.25) is 15.9 Å². The number of hydrogen-bond acceptors (Lipinski definition) is 4. The second-order valence-electron chi connectivity index (χ2n) is 5.58. The van der Waals surface area contributed by atoms with E-state index in [0.717, 1.165) is 19.3 Å². The molecule has 1 saturated heterocycles. The standard InChI is InChI=1S/C13H21N3O3S/c14-11-13(5-2-1-3-6-13)12(17)15-7-9-16-8-4-10-20(16,18)19/h1-10H2,(H,15,17). The summed E-state index contributed by atoms with van der Waals surface area (Å²) in [6, 6.07) is 2.17. The summed E-state index contributed by atoms with van der Waals surface area (Å²) in [6.45, 7) is 1.11. The van der Waals surface area contributed by atoms with Crippen LogP contribution >= 0.6 is 0 Å². The third-order valence-electron chi connectivity index (χ3n) is 4.21. The van der Waals surface area contributed by atoms with E-state index < -0.39 is 15.4 Å². The lowest BCUT2D eigenvalue weighted by molar-refractivity contribution is -0.129.